The van der Waals surface area contributed by atoms with Crippen LogP contribution in [0.25, 0.3) is 16.7 Å². The number of aromatic nitrogens is 3. The molecular formula is C25H26N4O3. The van der Waals surface area contributed by atoms with Crippen LogP contribution >= 0.6 is 0 Å². The van der Waals surface area contributed by atoms with E-state index in [0.29, 0.717) is 22.4 Å². The highest BCUT2D eigenvalue weighted by Crippen LogP contribution is 2.18. The lowest BCUT2D eigenvalue weighted by atomic mass is 10.1. The summed E-state index contributed by atoms with van der Waals surface area (Å²) in [6.07, 6.45) is 0. The van der Waals surface area contributed by atoms with Crippen LogP contribution in [0.3, 0.4) is 0 Å². The minimum atomic E-state index is -0.547. The standard InChI is InChI=1S/C25H26N4O3/c1-15-7-6-8-19(12-15)29-24(31)23-21(13-18(4)27(23)5)28(25(29)32)14-22(30)26-20-10-9-16(2)11-17(20)3/h6-13H,14H2,1-5H3,(H,26,30). The van der Waals surface area contributed by atoms with Crippen molar-refractivity contribution in [3.8, 4) is 5.69 Å². The first-order valence-corrected chi connectivity index (χ1v) is 10.4. The molecular weight excluding hydrogens is 404 g/mol. The van der Waals surface area contributed by atoms with Crippen molar-refractivity contribution in [2.75, 3.05) is 5.32 Å². The molecule has 0 aliphatic heterocycles. The first-order valence-electron chi connectivity index (χ1n) is 10.4. The van der Waals surface area contributed by atoms with Crippen molar-refractivity contribution in [3.05, 3.63) is 91.8 Å². The molecule has 1 amide bonds. The summed E-state index contributed by atoms with van der Waals surface area (Å²) >= 11 is 0. The van der Waals surface area contributed by atoms with E-state index in [2.05, 4.69) is 5.32 Å². The fourth-order valence-electron chi connectivity index (χ4n) is 4.02. The van der Waals surface area contributed by atoms with Gasteiger partial charge >= 0.3 is 5.69 Å². The Morgan fingerprint density at radius 1 is 0.938 bits per heavy atom. The third kappa shape index (κ3) is 3.66. The number of benzene rings is 2. The Labute approximate surface area is 185 Å². The highest BCUT2D eigenvalue weighted by Gasteiger charge is 2.20. The number of anilines is 1. The Morgan fingerprint density at radius 2 is 1.66 bits per heavy atom. The highest BCUT2D eigenvalue weighted by atomic mass is 16.2. The van der Waals surface area contributed by atoms with Gasteiger partial charge in [-0.05, 0) is 63.1 Å². The Hall–Kier alpha value is -3.87. The topological polar surface area (TPSA) is 78.0 Å². The zero-order valence-corrected chi connectivity index (χ0v) is 18.9. The summed E-state index contributed by atoms with van der Waals surface area (Å²) in [5.41, 5.74) is 4.83. The van der Waals surface area contributed by atoms with Crippen LogP contribution in [0.5, 0.6) is 0 Å². The average Bonchev–Trinajstić information content (AvgIpc) is 3.02. The van der Waals surface area contributed by atoms with Crippen LogP contribution in [0.4, 0.5) is 5.69 Å². The number of nitrogens with zero attached hydrogens (tertiary/aromatic N) is 3. The third-order valence-corrected chi connectivity index (χ3v) is 5.79. The molecule has 32 heavy (non-hydrogen) atoms. The fraction of sp³-hybridized carbons (Fsp3) is 0.240. The second-order valence-corrected chi connectivity index (χ2v) is 8.29. The maximum atomic E-state index is 13.5. The van der Waals surface area contributed by atoms with Gasteiger partial charge in [0.2, 0.25) is 5.91 Å². The summed E-state index contributed by atoms with van der Waals surface area (Å²) in [6, 6.07) is 14.7. The van der Waals surface area contributed by atoms with Crippen molar-refractivity contribution >= 4 is 22.6 Å². The molecule has 0 spiro atoms. The molecule has 0 bridgehead atoms. The number of nitrogens with one attached hydrogen (secondary N) is 1. The molecule has 2 heterocycles. The van der Waals surface area contributed by atoms with Gasteiger partial charge in [0.25, 0.3) is 5.56 Å². The Morgan fingerprint density at radius 3 is 2.34 bits per heavy atom. The average molecular weight is 431 g/mol. The van der Waals surface area contributed by atoms with Crippen LogP contribution in [-0.2, 0) is 18.4 Å². The monoisotopic (exact) mass is 430 g/mol. The predicted octanol–water partition coefficient (Wildman–Crippen LogP) is 3.36. The summed E-state index contributed by atoms with van der Waals surface area (Å²) in [5, 5.41) is 2.89. The summed E-state index contributed by atoms with van der Waals surface area (Å²) in [4.78, 5) is 39.7. The molecule has 0 saturated carbocycles. The number of carbonyl (C=O) groups excluding carboxylic acids is 1. The maximum Gasteiger partial charge on any atom is 0.336 e. The van der Waals surface area contributed by atoms with Crippen LogP contribution in [0.2, 0.25) is 0 Å². The number of amides is 1. The van der Waals surface area contributed by atoms with E-state index in [-0.39, 0.29) is 12.5 Å². The van der Waals surface area contributed by atoms with Crippen molar-refractivity contribution in [1.29, 1.82) is 0 Å². The summed E-state index contributed by atoms with van der Waals surface area (Å²) in [7, 11) is 1.78. The second-order valence-electron chi connectivity index (χ2n) is 8.29. The van der Waals surface area contributed by atoms with E-state index < -0.39 is 11.2 Å². The Bertz CT molecular complexity index is 1490. The van der Waals surface area contributed by atoms with Crippen molar-refractivity contribution in [1.82, 2.24) is 13.7 Å². The van der Waals surface area contributed by atoms with Gasteiger partial charge in [-0.1, -0.05) is 29.8 Å². The lowest BCUT2D eigenvalue weighted by Gasteiger charge is -2.14. The van der Waals surface area contributed by atoms with Gasteiger partial charge in [0.05, 0.1) is 11.2 Å². The number of carbonyl (C=O) groups is 1. The molecule has 2 aromatic heterocycles. The first kappa shape index (κ1) is 21.4. The molecule has 4 rings (SSSR count). The molecule has 0 fully saturated rings. The largest absolute Gasteiger partial charge is 0.342 e. The van der Waals surface area contributed by atoms with E-state index in [1.165, 1.54) is 4.57 Å². The van der Waals surface area contributed by atoms with Crippen LogP contribution in [-0.4, -0.2) is 19.6 Å². The summed E-state index contributed by atoms with van der Waals surface area (Å²) in [6.45, 7) is 7.46. The van der Waals surface area contributed by atoms with Crippen LogP contribution in [0.1, 0.15) is 22.4 Å². The van der Waals surface area contributed by atoms with Gasteiger partial charge in [0.1, 0.15) is 12.1 Å². The molecule has 2 aromatic carbocycles. The molecule has 7 heteroatoms. The number of fused-ring (bicyclic) bond motifs is 1. The van der Waals surface area contributed by atoms with Crippen molar-refractivity contribution in [3.63, 3.8) is 0 Å². The summed E-state index contributed by atoms with van der Waals surface area (Å²) in [5.74, 6) is -0.337. The van der Waals surface area contributed by atoms with Crippen molar-refractivity contribution in [2.45, 2.75) is 34.2 Å². The van der Waals surface area contributed by atoms with Crippen LogP contribution < -0.4 is 16.6 Å². The SMILES string of the molecule is Cc1cccc(-n2c(=O)c3c(cc(C)n3C)n(CC(=O)Nc3ccc(C)cc3C)c2=O)c1. The molecule has 4 aromatic rings. The zero-order chi connectivity index (χ0) is 23.2. The zero-order valence-electron chi connectivity index (χ0n) is 18.9. The minimum absolute atomic E-state index is 0.210. The lowest BCUT2D eigenvalue weighted by molar-refractivity contribution is -0.116. The molecule has 0 atom stereocenters. The molecule has 0 radical (unpaired) electrons. The normalized spacial score (nSPS) is 11.2. The van der Waals surface area contributed by atoms with Crippen LogP contribution in [0.15, 0.2) is 58.1 Å². The molecule has 0 unspecified atom stereocenters. The quantitative estimate of drug-likeness (QED) is 0.539. The van der Waals surface area contributed by atoms with Crippen molar-refractivity contribution in [2.24, 2.45) is 7.05 Å². The molecule has 164 valence electrons. The van der Waals surface area contributed by atoms with E-state index in [0.717, 1.165) is 27.0 Å². The van der Waals surface area contributed by atoms with Gasteiger partial charge in [-0.15, -0.1) is 0 Å². The van der Waals surface area contributed by atoms with E-state index in [9.17, 15) is 14.4 Å². The van der Waals surface area contributed by atoms with Gasteiger partial charge in [-0.3, -0.25) is 14.2 Å². The highest BCUT2D eigenvalue weighted by molar-refractivity contribution is 5.92. The fourth-order valence-corrected chi connectivity index (χ4v) is 4.02. The van der Waals surface area contributed by atoms with Gasteiger partial charge < -0.3 is 9.88 Å². The first-order chi connectivity index (χ1) is 15.2. The van der Waals surface area contributed by atoms with E-state index >= 15 is 0 Å². The second kappa shape index (κ2) is 8.00. The summed E-state index contributed by atoms with van der Waals surface area (Å²) < 4.78 is 4.26. The molecule has 1 N–H and O–H groups in total. The Kier molecular flexibility index (Phi) is 5.34. The smallest absolute Gasteiger partial charge is 0.336 e. The lowest BCUT2D eigenvalue weighted by Crippen LogP contribution is -2.41. The Balaban J connectivity index is 1.87. The van der Waals surface area contributed by atoms with Crippen LogP contribution in [0, 0.1) is 27.7 Å². The van der Waals surface area contributed by atoms with Gasteiger partial charge in [0, 0.05) is 18.4 Å². The van der Waals surface area contributed by atoms with Gasteiger partial charge in [-0.2, -0.15) is 0 Å². The minimum Gasteiger partial charge on any atom is -0.342 e. The van der Waals surface area contributed by atoms with E-state index in [4.69, 9.17) is 0 Å². The van der Waals surface area contributed by atoms with E-state index in [1.807, 2.05) is 52.0 Å². The molecule has 0 saturated heterocycles. The number of hydrogen-bond donors (Lipinski definition) is 1. The van der Waals surface area contributed by atoms with E-state index in [1.54, 1.807) is 35.9 Å². The number of hydrogen-bond acceptors (Lipinski definition) is 3. The third-order valence-electron chi connectivity index (χ3n) is 5.79. The molecule has 7 nitrogen and oxygen atoms in total. The van der Waals surface area contributed by atoms with Crippen molar-refractivity contribution < 1.29 is 4.79 Å². The van der Waals surface area contributed by atoms with Gasteiger partial charge in [-0.25, -0.2) is 9.36 Å². The maximum absolute atomic E-state index is 13.5. The number of aryl methyl sites for hydroxylation is 5. The van der Waals surface area contributed by atoms with Gasteiger partial charge in [0.15, 0.2) is 0 Å². The predicted molar refractivity (Wildman–Crippen MR) is 127 cm³/mol. The number of rotatable bonds is 4. The molecule has 0 aliphatic carbocycles. The molecule has 0 aliphatic rings.